The molecule has 2 atom stereocenters. The highest BCUT2D eigenvalue weighted by atomic mass is 19.4. The smallest absolute Gasteiger partial charge is 0.417 e. The van der Waals surface area contributed by atoms with Crippen molar-refractivity contribution in [2.24, 2.45) is 7.05 Å². The lowest BCUT2D eigenvalue weighted by atomic mass is 10.1. The highest BCUT2D eigenvalue weighted by Gasteiger charge is 2.37. The molecule has 0 spiro atoms. The number of aliphatic hydroxyl groups excluding tert-OH is 1. The summed E-state index contributed by atoms with van der Waals surface area (Å²) in [6, 6.07) is 5.06. The van der Waals surface area contributed by atoms with Gasteiger partial charge in [-0.05, 0) is 18.2 Å². The number of nitrogens with zero attached hydrogens (tertiary/aromatic N) is 4. The van der Waals surface area contributed by atoms with Crippen molar-refractivity contribution in [2.75, 3.05) is 18.0 Å². The van der Waals surface area contributed by atoms with Gasteiger partial charge in [0.2, 0.25) is 0 Å². The Labute approximate surface area is 141 Å². The normalized spacial score (nSPS) is 20.6. The zero-order valence-electron chi connectivity index (χ0n) is 13.2. The highest BCUT2D eigenvalue weighted by Crippen LogP contribution is 2.35. The molecule has 1 aromatic carbocycles. The summed E-state index contributed by atoms with van der Waals surface area (Å²) in [7, 11) is 1.72. The summed E-state index contributed by atoms with van der Waals surface area (Å²) < 4.78 is 46.5. The van der Waals surface area contributed by atoms with Gasteiger partial charge < -0.3 is 14.7 Å². The zero-order valence-corrected chi connectivity index (χ0v) is 13.2. The Morgan fingerprint density at radius 1 is 1.36 bits per heavy atom. The number of benzene rings is 1. The van der Waals surface area contributed by atoms with E-state index in [2.05, 4.69) is 5.10 Å². The molecule has 1 fully saturated rings. The van der Waals surface area contributed by atoms with E-state index in [1.54, 1.807) is 28.9 Å². The lowest BCUT2D eigenvalue weighted by Gasteiger charge is -2.20. The topological polar surface area (TPSA) is 74.3 Å². The molecule has 1 saturated heterocycles. The number of ether oxygens (including phenoxy) is 1. The van der Waals surface area contributed by atoms with Gasteiger partial charge >= 0.3 is 6.18 Å². The minimum atomic E-state index is -4.62. The van der Waals surface area contributed by atoms with E-state index >= 15 is 0 Å². The van der Waals surface area contributed by atoms with Crippen LogP contribution in [0, 0.1) is 11.3 Å². The molecule has 0 bridgehead atoms. The SMILES string of the molecule is Cn1cc(O[C@@H]2CN(c3ccc(C#N)c(C(F)(F)F)c3)C[C@H]2O)cn1. The summed E-state index contributed by atoms with van der Waals surface area (Å²) in [4.78, 5) is 1.60. The van der Waals surface area contributed by atoms with Crippen molar-refractivity contribution in [3.63, 3.8) is 0 Å². The van der Waals surface area contributed by atoms with E-state index in [9.17, 15) is 18.3 Å². The molecule has 1 aromatic heterocycles. The molecule has 1 N–H and O–H groups in total. The van der Waals surface area contributed by atoms with Crippen LogP contribution in [0.3, 0.4) is 0 Å². The number of hydrogen-bond acceptors (Lipinski definition) is 5. The van der Waals surface area contributed by atoms with E-state index in [-0.39, 0.29) is 18.8 Å². The van der Waals surface area contributed by atoms with E-state index in [0.717, 1.165) is 12.1 Å². The van der Waals surface area contributed by atoms with E-state index in [4.69, 9.17) is 10.00 Å². The number of nitriles is 1. The van der Waals surface area contributed by atoms with Crippen LogP contribution < -0.4 is 9.64 Å². The molecule has 1 aliphatic heterocycles. The Kier molecular flexibility index (Phi) is 4.30. The molecular weight excluding hydrogens is 337 g/mol. The fourth-order valence-electron chi connectivity index (χ4n) is 2.78. The molecule has 0 amide bonds. The Morgan fingerprint density at radius 3 is 2.72 bits per heavy atom. The largest absolute Gasteiger partial charge is 0.482 e. The van der Waals surface area contributed by atoms with Gasteiger partial charge in [0.1, 0.15) is 12.2 Å². The number of halogens is 3. The first kappa shape index (κ1) is 17.1. The summed E-state index contributed by atoms with van der Waals surface area (Å²) in [6.07, 6.45) is -2.93. The minimum Gasteiger partial charge on any atom is -0.482 e. The first-order valence-electron chi connectivity index (χ1n) is 7.47. The average Bonchev–Trinajstić information content (AvgIpc) is 3.12. The third-order valence-corrected chi connectivity index (χ3v) is 4.00. The van der Waals surface area contributed by atoms with Crippen LogP contribution in [0.4, 0.5) is 18.9 Å². The lowest BCUT2D eigenvalue weighted by molar-refractivity contribution is -0.137. The van der Waals surface area contributed by atoms with Crippen molar-refractivity contribution in [1.29, 1.82) is 5.26 Å². The standard InChI is InChI=1S/C16H15F3N4O2/c1-22-7-12(6-21-22)25-15-9-23(8-14(15)24)11-3-2-10(5-20)13(4-11)16(17,18)19/h2-4,6-7,14-15,24H,8-9H2,1H3/t14-,15-/m1/s1. The van der Waals surface area contributed by atoms with Crippen molar-refractivity contribution in [3.8, 4) is 11.8 Å². The van der Waals surface area contributed by atoms with Crippen LogP contribution in [0.1, 0.15) is 11.1 Å². The lowest BCUT2D eigenvalue weighted by Crippen LogP contribution is -2.29. The van der Waals surface area contributed by atoms with Crippen molar-refractivity contribution in [1.82, 2.24) is 9.78 Å². The molecule has 0 unspecified atom stereocenters. The summed E-state index contributed by atoms with van der Waals surface area (Å²) in [5.74, 6) is 0.476. The number of rotatable bonds is 3. The zero-order chi connectivity index (χ0) is 18.2. The van der Waals surface area contributed by atoms with Gasteiger partial charge in [-0.15, -0.1) is 0 Å². The maximum Gasteiger partial charge on any atom is 0.417 e. The van der Waals surface area contributed by atoms with Crippen LogP contribution in [0.5, 0.6) is 5.75 Å². The van der Waals surface area contributed by atoms with Gasteiger partial charge in [-0.25, -0.2) is 0 Å². The van der Waals surface area contributed by atoms with Crippen molar-refractivity contribution < 1.29 is 23.0 Å². The molecule has 132 valence electrons. The van der Waals surface area contributed by atoms with Crippen LogP contribution >= 0.6 is 0 Å². The van der Waals surface area contributed by atoms with Gasteiger partial charge in [0.05, 0.1) is 36.1 Å². The van der Waals surface area contributed by atoms with Gasteiger partial charge in [0.25, 0.3) is 0 Å². The summed E-state index contributed by atoms with van der Waals surface area (Å²) >= 11 is 0. The van der Waals surface area contributed by atoms with Crippen LogP contribution in [0.2, 0.25) is 0 Å². The van der Waals surface area contributed by atoms with Gasteiger partial charge in [0.15, 0.2) is 5.75 Å². The van der Waals surface area contributed by atoms with E-state index in [0.29, 0.717) is 5.75 Å². The Bertz CT molecular complexity index is 812. The molecule has 25 heavy (non-hydrogen) atoms. The maximum atomic E-state index is 13.1. The molecule has 2 heterocycles. The first-order valence-corrected chi connectivity index (χ1v) is 7.47. The van der Waals surface area contributed by atoms with Gasteiger partial charge in [-0.3, -0.25) is 4.68 Å². The Hall–Kier alpha value is -2.73. The average molecular weight is 352 g/mol. The highest BCUT2D eigenvalue weighted by molar-refractivity contribution is 5.55. The third-order valence-electron chi connectivity index (χ3n) is 4.00. The molecule has 2 aromatic rings. The number of hydrogen-bond donors (Lipinski definition) is 1. The predicted molar refractivity (Wildman–Crippen MR) is 82.0 cm³/mol. The summed E-state index contributed by atoms with van der Waals surface area (Å²) in [6.45, 7) is 0.355. The van der Waals surface area contributed by atoms with Crippen molar-refractivity contribution >= 4 is 5.69 Å². The van der Waals surface area contributed by atoms with Gasteiger partial charge in [-0.1, -0.05) is 0 Å². The summed E-state index contributed by atoms with van der Waals surface area (Å²) in [5, 5.41) is 23.0. The second-order valence-corrected chi connectivity index (χ2v) is 5.82. The van der Waals surface area contributed by atoms with Crippen LogP contribution in [0.25, 0.3) is 0 Å². The molecule has 9 heteroatoms. The number of aromatic nitrogens is 2. The molecule has 0 saturated carbocycles. The predicted octanol–water partition coefficient (Wildman–Crippen LogP) is 1.94. The minimum absolute atomic E-state index is 0.133. The van der Waals surface area contributed by atoms with Crippen molar-refractivity contribution in [2.45, 2.75) is 18.4 Å². The molecule has 6 nitrogen and oxygen atoms in total. The van der Waals surface area contributed by atoms with Gasteiger partial charge in [0, 0.05) is 19.3 Å². The maximum absolute atomic E-state index is 13.1. The van der Waals surface area contributed by atoms with Crippen LogP contribution in [-0.4, -0.2) is 40.2 Å². The monoisotopic (exact) mass is 352 g/mol. The molecule has 1 aliphatic rings. The third kappa shape index (κ3) is 3.53. The van der Waals surface area contributed by atoms with Crippen LogP contribution in [0.15, 0.2) is 30.6 Å². The Morgan fingerprint density at radius 2 is 2.12 bits per heavy atom. The second kappa shape index (κ2) is 6.29. The quantitative estimate of drug-likeness (QED) is 0.914. The van der Waals surface area contributed by atoms with Crippen molar-refractivity contribution in [3.05, 3.63) is 41.7 Å². The fraction of sp³-hybridized carbons (Fsp3) is 0.375. The van der Waals surface area contributed by atoms with Gasteiger partial charge in [-0.2, -0.15) is 23.5 Å². The van der Waals surface area contributed by atoms with E-state index < -0.39 is 29.5 Å². The molecular formula is C16H15F3N4O2. The van der Waals surface area contributed by atoms with E-state index in [1.165, 1.54) is 12.3 Å². The second-order valence-electron chi connectivity index (χ2n) is 5.82. The first-order chi connectivity index (χ1) is 11.8. The van der Waals surface area contributed by atoms with Crippen LogP contribution in [-0.2, 0) is 13.2 Å². The number of anilines is 1. The fourth-order valence-corrected chi connectivity index (χ4v) is 2.78. The number of β-amino-alcohol motifs (C(OH)–C–C–N with tert-alkyl or cyclic N) is 1. The van der Waals surface area contributed by atoms with E-state index in [1.807, 2.05) is 0 Å². The Balaban J connectivity index is 1.80. The molecule has 0 radical (unpaired) electrons. The molecule has 3 rings (SSSR count). The summed E-state index contributed by atoms with van der Waals surface area (Å²) in [5.41, 5.74) is -1.14. The molecule has 0 aliphatic carbocycles. The number of aliphatic hydroxyl groups is 1. The number of aryl methyl sites for hydroxylation is 1. The number of alkyl halides is 3.